The lowest BCUT2D eigenvalue weighted by atomic mass is 9.80. The summed E-state index contributed by atoms with van der Waals surface area (Å²) in [5.74, 6) is 0.260. The highest BCUT2D eigenvalue weighted by Gasteiger charge is 2.35. The van der Waals surface area contributed by atoms with Gasteiger partial charge in [0.2, 0.25) is 0 Å². The molecule has 0 heterocycles. The Hall–Kier alpha value is -4.73. The van der Waals surface area contributed by atoms with E-state index in [1.807, 2.05) is 66.7 Å². The van der Waals surface area contributed by atoms with Crippen molar-refractivity contribution in [3.8, 4) is 0 Å². The Balaban J connectivity index is 1.21. The fraction of sp³-hybridized carbons (Fsp3) is 0.0833. The highest BCUT2D eigenvalue weighted by molar-refractivity contribution is 6.16. The number of carbonyl (C=O) groups excluding carboxylic acids is 1. The van der Waals surface area contributed by atoms with E-state index in [9.17, 15) is 9.90 Å². The summed E-state index contributed by atoms with van der Waals surface area (Å²) < 4.78 is 0. The van der Waals surface area contributed by atoms with Gasteiger partial charge in [0.05, 0.1) is 0 Å². The minimum atomic E-state index is -0.930. The molecule has 0 fully saturated rings. The molecule has 3 heteroatoms. The number of allylic oxidation sites excluding steroid dienone is 5. The average molecular weight is 506 g/mol. The molecule has 0 aliphatic heterocycles. The van der Waals surface area contributed by atoms with Crippen LogP contribution in [0.25, 0.3) is 12.2 Å². The summed E-state index contributed by atoms with van der Waals surface area (Å²) in [5.41, 5.74) is 9.31. The van der Waals surface area contributed by atoms with Crippen molar-refractivity contribution in [1.29, 1.82) is 0 Å². The van der Waals surface area contributed by atoms with Crippen molar-refractivity contribution in [3.05, 3.63) is 160 Å². The van der Waals surface area contributed by atoms with E-state index in [1.165, 1.54) is 5.57 Å². The van der Waals surface area contributed by atoms with Crippen molar-refractivity contribution >= 4 is 35.0 Å². The first-order valence-electron chi connectivity index (χ1n) is 13.3. The van der Waals surface area contributed by atoms with E-state index >= 15 is 0 Å². The molecule has 2 atom stereocenters. The molecule has 4 aromatic carbocycles. The molecule has 0 bridgehead atoms. The topological polar surface area (TPSA) is 40.5 Å². The molecule has 39 heavy (non-hydrogen) atoms. The zero-order valence-corrected chi connectivity index (χ0v) is 21.4. The summed E-state index contributed by atoms with van der Waals surface area (Å²) in [4.78, 5) is 15.6. The van der Waals surface area contributed by atoms with Gasteiger partial charge in [-0.2, -0.15) is 0 Å². The average Bonchev–Trinajstić information content (AvgIpc) is 3.21. The highest BCUT2D eigenvalue weighted by Crippen LogP contribution is 2.42. The number of para-hydroxylation sites is 2. The summed E-state index contributed by atoms with van der Waals surface area (Å²) in [6.07, 6.45) is 12.5. The van der Waals surface area contributed by atoms with Gasteiger partial charge in [-0.25, -0.2) is 0 Å². The first-order valence-corrected chi connectivity index (χ1v) is 13.3. The van der Waals surface area contributed by atoms with Crippen LogP contribution in [-0.2, 0) is 6.42 Å². The van der Waals surface area contributed by atoms with Crippen LogP contribution in [0.1, 0.15) is 38.7 Å². The number of aliphatic hydroxyl groups is 1. The lowest BCUT2D eigenvalue weighted by Gasteiger charge is -2.25. The monoisotopic (exact) mass is 505 g/mol. The number of carbonyl (C=O) groups is 1. The number of anilines is 3. The van der Waals surface area contributed by atoms with Crippen LogP contribution < -0.4 is 4.90 Å². The largest absolute Gasteiger partial charge is 0.383 e. The molecule has 0 aromatic heterocycles. The molecule has 3 aliphatic carbocycles. The number of ketones is 1. The summed E-state index contributed by atoms with van der Waals surface area (Å²) >= 11 is 0. The van der Waals surface area contributed by atoms with E-state index in [4.69, 9.17) is 0 Å². The molecule has 3 aliphatic rings. The first kappa shape index (κ1) is 23.4. The third-order valence-electron chi connectivity index (χ3n) is 7.84. The molecule has 0 amide bonds. The van der Waals surface area contributed by atoms with Gasteiger partial charge in [-0.15, -0.1) is 0 Å². The lowest BCUT2D eigenvalue weighted by molar-refractivity contribution is 0.102. The minimum absolute atomic E-state index is 0.0894. The van der Waals surface area contributed by atoms with Gasteiger partial charge in [0.25, 0.3) is 0 Å². The van der Waals surface area contributed by atoms with Crippen LogP contribution in [-0.4, -0.2) is 10.9 Å². The summed E-state index contributed by atoms with van der Waals surface area (Å²) in [5, 5.41) is 11.2. The van der Waals surface area contributed by atoms with Crippen LogP contribution in [0.15, 0.2) is 133 Å². The second kappa shape index (κ2) is 9.54. The van der Waals surface area contributed by atoms with Gasteiger partial charge < -0.3 is 10.0 Å². The number of rotatable bonds is 4. The van der Waals surface area contributed by atoms with E-state index in [0.717, 1.165) is 40.2 Å². The molecule has 0 saturated carbocycles. The molecule has 1 N–H and O–H groups in total. The molecule has 0 saturated heterocycles. The number of aliphatic hydroxyl groups excluding tert-OH is 1. The fourth-order valence-electron chi connectivity index (χ4n) is 5.86. The van der Waals surface area contributed by atoms with Gasteiger partial charge in [-0.1, -0.05) is 78.9 Å². The number of Topliss-reactive ketones (excluding diaryl/α,β-unsaturated/α-hetero) is 1. The van der Waals surface area contributed by atoms with E-state index in [1.54, 1.807) is 0 Å². The Labute approximate surface area is 228 Å². The van der Waals surface area contributed by atoms with Crippen molar-refractivity contribution in [3.63, 3.8) is 0 Å². The van der Waals surface area contributed by atoms with Crippen molar-refractivity contribution < 1.29 is 9.90 Å². The summed E-state index contributed by atoms with van der Waals surface area (Å²) in [6, 6.07) is 32.6. The second-order valence-corrected chi connectivity index (χ2v) is 10.3. The number of fused-ring (bicyclic) bond motifs is 3. The molecule has 7 rings (SSSR count). The van der Waals surface area contributed by atoms with Crippen molar-refractivity contribution in [2.24, 2.45) is 5.92 Å². The zero-order valence-electron chi connectivity index (χ0n) is 21.4. The summed E-state index contributed by atoms with van der Waals surface area (Å²) in [6.45, 7) is 0. The molecular weight excluding hydrogens is 478 g/mol. The maximum absolute atomic E-state index is 13.4. The Morgan fingerprint density at radius 1 is 0.795 bits per heavy atom. The predicted molar refractivity (Wildman–Crippen MR) is 158 cm³/mol. The van der Waals surface area contributed by atoms with Crippen LogP contribution in [0.3, 0.4) is 0 Å². The number of hydrogen-bond acceptors (Lipinski definition) is 3. The van der Waals surface area contributed by atoms with Gasteiger partial charge >= 0.3 is 0 Å². The van der Waals surface area contributed by atoms with Crippen LogP contribution in [0, 0.1) is 5.92 Å². The summed E-state index contributed by atoms with van der Waals surface area (Å²) in [7, 11) is 0. The minimum Gasteiger partial charge on any atom is -0.383 e. The molecule has 0 spiro atoms. The Kier molecular flexibility index (Phi) is 5.72. The number of nitrogens with zero attached hydrogens (tertiary/aromatic N) is 1. The third-order valence-corrected chi connectivity index (χ3v) is 7.84. The standard InChI is InChI=1S/C36H27NO2/c38-35-32-22-27-20-25-9-7-8-10-26(25)21-28(27)23-33(32)36(39)34(35)19-24-15-17-31(18-16-24)37(29-11-3-1-4-12-29)30-13-5-2-6-14-30/h1-20,22-23,26,35,38H,21H2/b34-19-/t26-,35?/m1/s1. The molecular formula is C36H27NO2. The van der Waals surface area contributed by atoms with Crippen LogP contribution >= 0.6 is 0 Å². The highest BCUT2D eigenvalue weighted by atomic mass is 16.3. The predicted octanol–water partition coefficient (Wildman–Crippen LogP) is 8.15. The third kappa shape index (κ3) is 4.18. The van der Waals surface area contributed by atoms with Crippen molar-refractivity contribution in [1.82, 2.24) is 0 Å². The lowest BCUT2D eigenvalue weighted by Crippen LogP contribution is -2.12. The van der Waals surface area contributed by atoms with Gasteiger partial charge in [-0.3, -0.25) is 4.79 Å². The van der Waals surface area contributed by atoms with Crippen LogP contribution in [0.2, 0.25) is 0 Å². The Morgan fingerprint density at radius 2 is 1.46 bits per heavy atom. The van der Waals surface area contributed by atoms with Crippen molar-refractivity contribution in [2.75, 3.05) is 4.90 Å². The Bertz CT molecular complexity index is 1650. The van der Waals surface area contributed by atoms with E-state index < -0.39 is 6.10 Å². The first-order chi connectivity index (χ1) is 19.2. The molecule has 4 aromatic rings. The molecule has 188 valence electrons. The number of hydrogen-bond donors (Lipinski definition) is 1. The molecule has 0 radical (unpaired) electrons. The van der Waals surface area contributed by atoms with E-state index in [2.05, 4.69) is 71.7 Å². The second-order valence-electron chi connectivity index (χ2n) is 10.3. The SMILES string of the molecule is O=C1/C(=C\c2ccc(N(c3ccccc3)c3ccccc3)cc2)C(O)c2cc3c(cc21)C[C@H]1C=CC=CC1=C3. The maximum atomic E-state index is 13.4. The fourth-order valence-corrected chi connectivity index (χ4v) is 5.86. The zero-order chi connectivity index (χ0) is 26.3. The van der Waals surface area contributed by atoms with Gasteiger partial charge in [0.1, 0.15) is 6.10 Å². The Morgan fingerprint density at radius 3 is 2.15 bits per heavy atom. The van der Waals surface area contributed by atoms with Gasteiger partial charge in [0, 0.05) is 34.1 Å². The molecule has 1 unspecified atom stereocenters. The van der Waals surface area contributed by atoms with Crippen LogP contribution in [0.4, 0.5) is 17.1 Å². The van der Waals surface area contributed by atoms with Gasteiger partial charge in [-0.05, 0) is 88.9 Å². The maximum Gasteiger partial charge on any atom is 0.192 e. The number of benzene rings is 4. The van der Waals surface area contributed by atoms with Crippen molar-refractivity contribution in [2.45, 2.75) is 12.5 Å². The van der Waals surface area contributed by atoms with Gasteiger partial charge in [0.15, 0.2) is 5.78 Å². The van der Waals surface area contributed by atoms with E-state index in [-0.39, 0.29) is 5.78 Å². The normalized spacial score (nSPS) is 19.9. The molecule has 3 nitrogen and oxygen atoms in total. The van der Waals surface area contributed by atoms with Crippen LogP contribution in [0.5, 0.6) is 0 Å². The quantitative estimate of drug-likeness (QED) is 0.285. The van der Waals surface area contributed by atoms with E-state index in [0.29, 0.717) is 22.6 Å². The smallest absolute Gasteiger partial charge is 0.192 e.